The second-order valence-corrected chi connectivity index (χ2v) is 9.70. The predicted molar refractivity (Wildman–Crippen MR) is 89.3 cm³/mol. The van der Waals surface area contributed by atoms with Crippen LogP contribution in [0.25, 0.3) is 0 Å². The maximum atomic E-state index is 12.5. The first-order valence-corrected chi connectivity index (χ1v) is 10.1. The molecule has 9 heteroatoms. The Labute approximate surface area is 142 Å². The van der Waals surface area contributed by atoms with Crippen molar-refractivity contribution in [1.29, 1.82) is 0 Å². The molecule has 2 fully saturated rings. The van der Waals surface area contributed by atoms with Crippen molar-refractivity contribution in [1.82, 2.24) is 10.2 Å². The molecule has 1 aliphatic carbocycles. The molecule has 24 heavy (non-hydrogen) atoms. The number of hydrogen-bond acceptors (Lipinski definition) is 5. The zero-order valence-corrected chi connectivity index (χ0v) is 15.0. The van der Waals surface area contributed by atoms with Crippen LogP contribution in [-0.4, -0.2) is 66.1 Å². The summed E-state index contributed by atoms with van der Waals surface area (Å²) in [5, 5.41) is 10.6. The summed E-state index contributed by atoms with van der Waals surface area (Å²) in [5.74, 6) is -0.442. The Hall–Kier alpha value is -1.35. The van der Waals surface area contributed by atoms with Crippen LogP contribution in [0.1, 0.15) is 39.5 Å². The number of nitrogens with one attached hydrogen (secondary N) is 1. The van der Waals surface area contributed by atoms with Gasteiger partial charge in [-0.3, -0.25) is 4.79 Å². The Morgan fingerprint density at radius 1 is 1.38 bits per heavy atom. The third kappa shape index (κ3) is 4.18. The molecule has 0 aromatic heterocycles. The summed E-state index contributed by atoms with van der Waals surface area (Å²) in [4.78, 5) is 24.9. The standard InChI is InChI=1S/C15H27N3O5S/c1-9(2)24(22,23)8-10-7-11(16)3-4-13(10)18-6-5-12(14(18)19)17-15(20)21/h9-13,17H,3-8,16H2,1-2H3,(H,20,21)/t10-,11+,12-,13-/m0/s1. The van der Waals surface area contributed by atoms with Crippen LogP contribution < -0.4 is 11.1 Å². The van der Waals surface area contributed by atoms with Gasteiger partial charge in [0, 0.05) is 18.6 Å². The summed E-state index contributed by atoms with van der Waals surface area (Å²) in [6, 6.07) is -0.980. The molecule has 0 spiro atoms. The summed E-state index contributed by atoms with van der Waals surface area (Å²) in [7, 11) is -3.24. The summed E-state index contributed by atoms with van der Waals surface area (Å²) < 4.78 is 24.6. The van der Waals surface area contributed by atoms with Crippen LogP contribution in [0.5, 0.6) is 0 Å². The van der Waals surface area contributed by atoms with Crippen molar-refractivity contribution in [3.05, 3.63) is 0 Å². The number of amides is 2. The fourth-order valence-corrected chi connectivity index (χ4v) is 5.02. The maximum absolute atomic E-state index is 12.5. The topological polar surface area (TPSA) is 130 Å². The summed E-state index contributed by atoms with van der Waals surface area (Å²) in [5.41, 5.74) is 6.02. The van der Waals surface area contributed by atoms with Gasteiger partial charge in [-0.1, -0.05) is 0 Å². The van der Waals surface area contributed by atoms with Crippen LogP contribution in [0.3, 0.4) is 0 Å². The van der Waals surface area contributed by atoms with E-state index >= 15 is 0 Å². The number of hydrogen-bond donors (Lipinski definition) is 3. The molecule has 2 aliphatic rings. The molecule has 0 bridgehead atoms. The van der Waals surface area contributed by atoms with Crippen LogP contribution in [0.4, 0.5) is 4.79 Å². The third-order valence-corrected chi connectivity index (χ3v) is 7.41. The average Bonchev–Trinajstić information content (AvgIpc) is 2.79. The highest BCUT2D eigenvalue weighted by atomic mass is 32.2. The Balaban J connectivity index is 2.14. The molecule has 4 atom stereocenters. The smallest absolute Gasteiger partial charge is 0.405 e. The van der Waals surface area contributed by atoms with Crippen LogP contribution in [-0.2, 0) is 14.6 Å². The molecule has 8 nitrogen and oxygen atoms in total. The minimum Gasteiger partial charge on any atom is -0.465 e. The molecule has 4 N–H and O–H groups in total. The molecule has 2 amide bonds. The molecular weight excluding hydrogens is 334 g/mol. The maximum Gasteiger partial charge on any atom is 0.405 e. The van der Waals surface area contributed by atoms with Gasteiger partial charge in [0.1, 0.15) is 6.04 Å². The van der Waals surface area contributed by atoms with E-state index in [1.807, 2.05) is 0 Å². The molecule has 1 heterocycles. The Bertz CT molecular complexity index is 592. The summed E-state index contributed by atoms with van der Waals surface area (Å²) >= 11 is 0. The molecule has 2 rings (SSSR count). The number of nitrogens with zero attached hydrogens (tertiary/aromatic N) is 1. The molecule has 1 saturated carbocycles. The molecule has 138 valence electrons. The van der Waals surface area contributed by atoms with E-state index in [2.05, 4.69) is 5.32 Å². The van der Waals surface area contributed by atoms with E-state index in [4.69, 9.17) is 10.8 Å². The lowest BCUT2D eigenvalue weighted by Crippen LogP contribution is -2.51. The number of nitrogens with two attached hydrogens (primary N) is 1. The molecule has 0 aromatic carbocycles. The van der Waals surface area contributed by atoms with Gasteiger partial charge in [0.15, 0.2) is 9.84 Å². The lowest BCUT2D eigenvalue weighted by atomic mass is 9.82. The molecule has 0 unspecified atom stereocenters. The van der Waals surface area contributed by atoms with Gasteiger partial charge < -0.3 is 21.1 Å². The second kappa shape index (κ2) is 7.26. The van der Waals surface area contributed by atoms with Gasteiger partial charge in [0.2, 0.25) is 5.91 Å². The minimum absolute atomic E-state index is 0.0177. The van der Waals surface area contributed by atoms with Gasteiger partial charge >= 0.3 is 6.09 Å². The van der Waals surface area contributed by atoms with Crippen molar-refractivity contribution >= 4 is 21.8 Å². The van der Waals surface area contributed by atoms with E-state index < -0.39 is 27.2 Å². The number of rotatable bonds is 5. The van der Waals surface area contributed by atoms with Gasteiger partial charge in [-0.15, -0.1) is 0 Å². The van der Waals surface area contributed by atoms with E-state index in [0.29, 0.717) is 25.8 Å². The molecule has 0 radical (unpaired) electrons. The highest BCUT2D eigenvalue weighted by Gasteiger charge is 2.43. The van der Waals surface area contributed by atoms with Crippen LogP contribution in [0.2, 0.25) is 0 Å². The zero-order chi connectivity index (χ0) is 18.1. The monoisotopic (exact) mass is 361 g/mol. The van der Waals surface area contributed by atoms with Crippen molar-refractivity contribution in [2.24, 2.45) is 11.7 Å². The number of sulfone groups is 1. The van der Waals surface area contributed by atoms with E-state index in [9.17, 15) is 18.0 Å². The average molecular weight is 361 g/mol. The Morgan fingerprint density at radius 3 is 2.62 bits per heavy atom. The summed E-state index contributed by atoms with van der Waals surface area (Å²) in [6.45, 7) is 3.75. The highest BCUT2D eigenvalue weighted by molar-refractivity contribution is 7.91. The summed E-state index contributed by atoms with van der Waals surface area (Å²) in [6.07, 6.45) is 1.16. The van der Waals surface area contributed by atoms with Crippen molar-refractivity contribution in [3.63, 3.8) is 0 Å². The first-order valence-electron chi connectivity index (χ1n) is 8.39. The lowest BCUT2D eigenvalue weighted by Gasteiger charge is -2.40. The van der Waals surface area contributed by atoms with Gasteiger partial charge in [0.05, 0.1) is 11.0 Å². The van der Waals surface area contributed by atoms with Gasteiger partial charge in [0.25, 0.3) is 0 Å². The van der Waals surface area contributed by atoms with Crippen molar-refractivity contribution in [3.8, 4) is 0 Å². The largest absolute Gasteiger partial charge is 0.465 e. The predicted octanol–water partition coefficient (Wildman–Crippen LogP) is 0.174. The molecule has 0 aromatic rings. The lowest BCUT2D eigenvalue weighted by molar-refractivity contribution is -0.132. The van der Waals surface area contributed by atoms with Gasteiger partial charge in [-0.25, -0.2) is 13.2 Å². The number of likely N-dealkylation sites (tertiary alicyclic amines) is 1. The highest BCUT2D eigenvalue weighted by Crippen LogP contribution is 2.32. The van der Waals surface area contributed by atoms with Crippen LogP contribution in [0.15, 0.2) is 0 Å². The minimum atomic E-state index is -3.24. The fourth-order valence-electron chi connectivity index (χ4n) is 3.68. The fraction of sp³-hybridized carbons (Fsp3) is 0.867. The zero-order valence-electron chi connectivity index (χ0n) is 14.1. The van der Waals surface area contributed by atoms with E-state index in [1.54, 1.807) is 18.7 Å². The van der Waals surface area contributed by atoms with Gasteiger partial charge in [-0.05, 0) is 45.4 Å². The van der Waals surface area contributed by atoms with Crippen molar-refractivity contribution in [2.45, 2.75) is 62.9 Å². The molecule has 1 saturated heterocycles. The second-order valence-electron chi connectivity index (χ2n) is 7.10. The van der Waals surface area contributed by atoms with E-state index in [-0.39, 0.29) is 29.7 Å². The van der Waals surface area contributed by atoms with Crippen molar-refractivity contribution in [2.75, 3.05) is 12.3 Å². The number of carbonyl (C=O) groups excluding carboxylic acids is 1. The Morgan fingerprint density at radius 2 is 2.04 bits per heavy atom. The molecule has 1 aliphatic heterocycles. The first-order chi connectivity index (χ1) is 11.1. The van der Waals surface area contributed by atoms with E-state index in [0.717, 1.165) is 6.42 Å². The number of carboxylic acid groups (broad SMARTS) is 1. The number of carbonyl (C=O) groups is 2. The third-order valence-electron chi connectivity index (χ3n) is 5.09. The Kier molecular flexibility index (Phi) is 5.74. The van der Waals surface area contributed by atoms with E-state index in [1.165, 1.54) is 0 Å². The molecular formula is C15H27N3O5S. The van der Waals surface area contributed by atoms with Crippen molar-refractivity contribution < 1.29 is 23.1 Å². The first kappa shape index (κ1) is 19.0. The SMILES string of the molecule is CC(C)S(=O)(=O)C[C@@H]1C[C@H](N)CC[C@@H]1N1CC[C@H](NC(=O)O)C1=O. The van der Waals surface area contributed by atoms with Gasteiger partial charge in [-0.2, -0.15) is 0 Å². The normalized spacial score (nSPS) is 31.5. The quantitative estimate of drug-likeness (QED) is 0.640. The van der Waals surface area contributed by atoms with Crippen LogP contribution >= 0.6 is 0 Å². The van der Waals surface area contributed by atoms with Crippen LogP contribution in [0, 0.1) is 5.92 Å².